The second-order valence-electron chi connectivity index (χ2n) is 11.6. The molecule has 0 atom stereocenters. The molecule has 264 valence electrons. The average molecular weight is 728 g/mol. The summed E-state index contributed by atoms with van der Waals surface area (Å²) in [5.41, 5.74) is 5.18. The zero-order valence-electron chi connectivity index (χ0n) is 28.0. The van der Waals surface area contributed by atoms with Gasteiger partial charge < -0.3 is 9.73 Å². The minimum absolute atomic E-state index is 0.0577. The predicted octanol–water partition coefficient (Wildman–Crippen LogP) is 5.28. The van der Waals surface area contributed by atoms with Gasteiger partial charge >= 0.3 is 0 Å². The maximum Gasteiger partial charge on any atom is 0.255 e. The molecule has 0 spiro atoms. The minimum atomic E-state index is -4.15. The fourth-order valence-electron chi connectivity index (χ4n) is 5.03. The summed E-state index contributed by atoms with van der Waals surface area (Å²) < 4.78 is 62.8. The summed E-state index contributed by atoms with van der Waals surface area (Å²) in [6, 6.07) is 33.5. The number of nitrogens with one attached hydrogen (secondary N) is 2. The van der Waals surface area contributed by atoms with Gasteiger partial charge in [-0.15, -0.1) is 0 Å². The molecule has 5 aromatic rings. The predicted molar refractivity (Wildman–Crippen MR) is 193 cm³/mol. The molecule has 0 saturated heterocycles. The molecule has 2 amide bonds. The van der Waals surface area contributed by atoms with Crippen LogP contribution in [0.15, 0.2) is 141 Å². The Bertz CT molecular complexity index is 2190. The third-order valence-corrected chi connectivity index (χ3v) is 11.2. The highest BCUT2D eigenvalue weighted by Crippen LogP contribution is 2.23. The van der Waals surface area contributed by atoms with Gasteiger partial charge in [-0.25, -0.2) is 22.3 Å². The van der Waals surface area contributed by atoms with Gasteiger partial charge in [0.05, 0.1) is 29.1 Å². The van der Waals surface area contributed by atoms with E-state index >= 15 is 0 Å². The van der Waals surface area contributed by atoms with Crippen molar-refractivity contribution in [3.05, 3.63) is 150 Å². The van der Waals surface area contributed by atoms with E-state index in [4.69, 9.17) is 4.42 Å². The fourth-order valence-corrected chi connectivity index (χ4v) is 7.81. The molecule has 1 heterocycles. The lowest BCUT2D eigenvalue weighted by Crippen LogP contribution is -2.39. The molecule has 1 aromatic heterocycles. The number of aryl methyl sites for hydroxylation is 1. The van der Waals surface area contributed by atoms with E-state index in [-0.39, 0.29) is 41.1 Å². The van der Waals surface area contributed by atoms with E-state index in [0.717, 1.165) is 15.4 Å². The Labute approximate surface area is 297 Å². The van der Waals surface area contributed by atoms with Crippen molar-refractivity contribution < 1.29 is 30.8 Å². The number of furan rings is 1. The van der Waals surface area contributed by atoms with Crippen molar-refractivity contribution in [2.24, 2.45) is 5.10 Å². The maximum absolute atomic E-state index is 13.7. The van der Waals surface area contributed by atoms with Crippen molar-refractivity contribution in [2.75, 3.05) is 11.9 Å². The highest BCUT2D eigenvalue weighted by Gasteiger charge is 2.28. The van der Waals surface area contributed by atoms with Crippen LogP contribution in [0.1, 0.15) is 35.1 Å². The number of sulfonamides is 2. The smallest absolute Gasteiger partial charge is 0.255 e. The van der Waals surface area contributed by atoms with Gasteiger partial charge in [0, 0.05) is 25.7 Å². The molecule has 4 aromatic carbocycles. The van der Waals surface area contributed by atoms with Crippen LogP contribution in [0.4, 0.5) is 5.69 Å². The van der Waals surface area contributed by atoms with Crippen molar-refractivity contribution in [3.63, 3.8) is 0 Å². The second-order valence-corrected chi connectivity index (χ2v) is 15.5. The van der Waals surface area contributed by atoms with E-state index in [0.29, 0.717) is 17.0 Å². The monoisotopic (exact) mass is 727 g/mol. The van der Waals surface area contributed by atoms with Crippen LogP contribution >= 0.6 is 0 Å². The highest BCUT2D eigenvalue weighted by molar-refractivity contribution is 7.89. The van der Waals surface area contributed by atoms with E-state index in [2.05, 4.69) is 15.8 Å². The molecule has 0 fully saturated rings. The first kappa shape index (κ1) is 36.9. The molecule has 0 radical (unpaired) electrons. The molecule has 0 bridgehead atoms. The van der Waals surface area contributed by atoms with Crippen molar-refractivity contribution in [3.8, 4) is 0 Å². The summed E-state index contributed by atoms with van der Waals surface area (Å²) in [4.78, 5) is 24.5. The Kier molecular flexibility index (Phi) is 11.9. The van der Waals surface area contributed by atoms with Crippen molar-refractivity contribution in [1.82, 2.24) is 14.0 Å². The molecule has 0 aliphatic carbocycles. The summed E-state index contributed by atoms with van der Waals surface area (Å²) in [6.07, 6.45) is 1.24. The number of carbonyl (C=O) groups excluding carboxylic acids is 2. The number of carbonyl (C=O) groups is 2. The first-order valence-corrected chi connectivity index (χ1v) is 18.7. The molecule has 12 nitrogen and oxygen atoms in total. The Hall–Kier alpha value is -5.41. The van der Waals surface area contributed by atoms with Gasteiger partial charge in [0.15, 0.2) is 0 Å². The van der Waals surface area contributed by atoms with Crippen molar-refractivity contribution >= 4 is 43.8 Å². The van der Waals surface area contributed by atoms with Crippen LogP contribution in [0.25, 0.3) is 0 Å². The topological polar surface area (TPSA) is 158 Å². The number of hydrogen-bond donors (Lipinski definition) is 2. The van der Waals surface area contributed by atoms with Gasteiger partial charge in [-0.2, -0.15) is 13.7 Å². The van der Waals surface area contributed by atoms with Gasteiger partial charge in [0.1, 0.15) is 11.5 Å². The summed E-state index contributed by atoms with van der Waals surface area (Å²) in [7, 11) is -8.04. The van der Waals surface area contributed by atoms with Crippen LogP contribution in [0, 0.1) is 6.92 Å². The Morgan fingerprint density at radius 3 is 1.78 bits per heavy atom. The van der Waals surface area contributed by atoms with Crippen LogP contribution in [-0.4, -0.2) is 50.0 Å². The van der Waals surface area contributed by atoms with Crippen LogP contribution in [-0.2, 0) is 49.3 Å². The number of rotatable bonds is 15. The molecular formula is C37H37N5O7S2. The molecule has 14 heteroatoms. The summed E-state index contributed by atoms with van der Waals surface area (Å²) in [5.74, 6) is -0.411. The van der Waals surface area contributed by atoms with Gasteiger partial charge in [-0.1, -0.05) is 78.4 Å². The largest absolute Gasteiger partial charge is 0.459 e. The summed E-state index contributed by atoms with van der Waals surface area (Å²) >= 11 is 0. The first-order valence-electron chi connectivity index (χ1n) is 15.8. The van der Waals surface area contributed by atoms with Crippen LogP contribution in [0.2, 0.25) is 0 Å². The van der Waals surface area contributed by atoms with Crippen LogP contribution in [0.5, 0.6) is 0 Å². The molecule has 0 unspecified atom stereocenters. The number of hydrazone groups is 1. The standard InChI is InChI=1S/C37H37N5O7S2/c1-28-13-19-35(20-14-28)50(45,46)41(24-30-9-5-3-6-10-30)26-34-18-17-33(49-34)23-38-40-37(44)27-42(25-31-11-7-4-8-12-31)51(47,48)36-21-15-32(16-22-36)39-29(2)43/h3-23H,24-27H2,1-2H3,(H,39,43)(H,40,44)/b38-23-. The molecular weight excluding hydrogens is 691 g/mol. The van der Waals surface area contributed by atoms with Crippen LogP contribution < -0.4 is 10.7 Å². The zero-order chi connectivity index (χ0) is 36.4. The quantitative estimate of drug-likeness (QED) is 0.110. The van der Waals surface area contributed by atoms with Crippen molar-refractivity contribution in [1.29, 1.82) is 0 Å². The molecule has 0 aliphatic rings. The molecule has 51 heavy (non-hydrogen) atoms. The number of anilines is 1. The van der Waals surface area contributed by atoms with Crippen LogP contribution in [0.3, 0.4) is 0 Å². The highest BCUT2D eigenvalue weighted by atomic mass is 32.2. The molecule has 0 aliphatic heterocycles. The van der Waals surface area contributed by atoms with E-state index in [9.17, 15) is 26.4 Å². The SMILES string of the molecule is CC(=O)Nc1ccc(S(=O)(=O)N(CC(=O)N/N=C\c2ccc(CN(Cc3ccccc3)S(=O)(=O)c3ccc(C)cc3)o2)Cc2ccccc2)cc1. The van der Waals surface area contributed by atoms with Gasteiger partial charge in [0.25, 0.3) is 5.91 Å². The number of hydrogen-bond acceptors (Lipinski definition) is 8. The minimum Gasteiger partial charge on any atom is -0.459 e. The zero-order valence-corrected chi connectivity index (χ0v) is 29.6. The Morgan fingerprint density at radius 1 is 0.686 bits per heavy atom. The number of nitrogens with zero attached hydrogens (tertiary/aromatic N) is 3. The average Bonchev–Trinajstić information content (AvgIpc) is 3.56. The maximum atomic E-state index is 13.7. The molecule has 0 saturated carbocycles. The first-order chi connectivity index (χ1) is 24.4. The molecule has 5 rings (SSSR count). The fraction of sp³-hybridized carbons (Fsp3) is 0.162. The normalized spacial score (nSPS) is 12.0. The lowest BCUT2D eigenvalue weighted by atomic mass is 10.2. The summed E-state index contributed by atoms with van der Waals surface area (Å²) in [5, 5.41) is 6.54. The number of benzene rings is 4. The van der Waals surface area contributed by atoms with Gasteiger partial charge in [-0.3, -0.25) is 9.59 Å². The van der Waals surface area contributed by atoms with E-state index in [1.54, 1.807) is 66.7 Å². The third-order valence-electron chi connectivity index (χ3n) is 7.59. The van der Waals surface area contributed by atoms with Gasteiger partial charge in [-0.05, 0) is 66.6 Å². The van der Waals surface area contributed by atoms with Gasteiger partial charge in [0.2, 0.25) is 26.0 Å². The molecule has 2 N–H and O–H groups in total. The second kappa shape index (κ2) is 16.5. The number of amides is 2. The van der Waals surface area contributed by atoms with E-state index < -0.39 is 32.5 Å². The Balaban J connectivity index is 1.28. The van der Waals surface area contributed by atoms with E-state index in [1.807, 2.05) is 37.3 Å². The third kappa shape index (κ3) is 10.1. The van der Waals surface area contributed by atoms with Crippen molar-refractivity contribution in [2.45, 2.75) is 43.3 Å². The van der Waals surface area contributed by atoms with E-state index in [1.165, 1.54) is 41.7 Å². The Morgan fingerprint density at radius 2 is 1.22 bits per heavy atom. The lowest BCUT2D eigenvalue weighted by Gasteiger charge is -2.21. The summed E-state index contributed by atoms with van der Waals surface area (Å²) in [6.45, 7) is 2.64. The lowest BCUT2D eigenvalue weighted by molar-refractivity contribution is -0.121.